The number of nitrogens with two attached hydrogens (primary N) is 1. The molecule has 2 rings (SSSR count). The summed E-state index contributed by atoms with van der Waals surface area (Å²) in [7, 11) is 0. The Labute approximate surface area is 115 Å². The van der Waals surface area contributed by atoms with Crippen LogP contribution in [0.2, 0.25) is 0 Å². The molecule has 20 heavy (non-hydrogen) atoms. The number of nitrogens with one attached hydrogen (secondary N) is 1. The predicted octanol–water partition coefficient (Wildman–Crippen LogP) is 2.84. The van der Waals surface area contributed by atoms with Crippen LogP contribution in [0.25, 0.3) is 0 Å². The molecule has 0 aliphatic rings. The second-order valence-corrected chi connectivity index (χ2v) is 4.26. The van der Waals surface area contributed by atoms with E-state index in [1.165, 1.54) is 12.1 Å². The average molecular weight is 269 g/mol. The minimum atomic E-state index is -0.678. The van der Waals surface area contributed by atoms with Crippen LogP contribution in [-0.4, -0.2) is 5.91 Å². The third kappa shape index (κ3) is 2.45. The lowest BCUT2D eigenvalue weighted by atomic mass is 10.1. The first-order valence-corrected chi connectivity index (χ1v) is 5.89. The van der Waals surface area contributed by atoms with Crippen molar-refractivity contribution in [3.05, 3.63) is 58.9 Å². The lowest BCUT2D eigenvalue weighted by Gasteiger charge is -2.10. The second kappa shape index (κ2) is 5.41. The Kier molecular flexibility index (Phi) is 3.67. The Bertz CT molecular complexity index is 720. The van der Waals surface area contributed by atoms with Gasteiger partial charge < -0.3 is 11.1 Å². The number of anilines is 2. The smallest absolute Gasteiger partial charge is 0.257 e. The molecule has 5 heteroatoms. The van der Waals surface area contributed by atoms with Gasteiger partial charge in [-0.25, -0.2) is 4.39 Å². The van der Waals surface area contributed by atoms with Crippen LogP contribution in [0.4, 0.5) is 15.8 Å². The van der Waals surface area contributed by atoms with Gasteiger partial charge in [0.25, 0.3) is 5.91 Å². The molecule has 0 atom stereocenters. The van der Waals surface area contributed by atoms with E-state index in [9.17, 15) is 9.18 Å². The van der Waals surface area contributed by atoms with E-state index in [1.54, 1.807) is 31.2 Å². The molecule has 3 N–H and O–H groups in total. The zero-order valence-corrected chi connectivity index (χ0v) is 10.8. The van der Waals surface area contributed by atoms with Crippen LogP contribution in [0, 0.1) is 24.1 Å². The fraction of sp³-hybridized carbons (Fsp3) is 0.0667. The molecule has 2 aromatic rings. The molecule has 100 valence electrons. The van der Waals surface area contributed by atoms with Crippen LogP contribution in [0.15, 0.2) is 36.4 Å². The quantitative estimate of drug-likeness (QED) is 0.823. The predicted molar refractivity (Wildman–Crippen MR) is 74.7 cm³/mol. The number of nitriles is 1. The van der Waals surface area contributed by atoms with Gasteiger partial charge in [0, 0.05) is 5.69 Å². The van der Waals surface area contributed by atoms with Gasteiger partial charge in [-0.3, -0.25) is 4.79 Å². The maximum Gasteiger partial charge on any atom is 0.257 e. The number of nitrogens with zero attached hydrogens (tertiary/aromatic N) is 1. The number of carbonyl (C=O) groups is 1. The minimum absolute atomic E-state index is 0.124. The van der Waals surface area contributed by atoms with Gasteiger partial charge in [-0.1, -0.05) is 18.2 Å². The van der Waals surface area contributed by atoms with Crippen molar-refractivity contribution in [1.82, 2.24) is 0 Å². The fourth-order valence-corrected chi connectivity index (χ4v) is 1.81. The number of nitrogen functional groups attached to an aromatic ring is 1. The van der Waals surface area contributed by atoms with Crippen LogP contribution < -0.4 is 11.1 Å². The molecule has 0 aliphatic carbocycles. The molecule has 0 spiro atoms. The molecule has 0 saturated carbocycles. The molecule has 1 amide bonds. The van der Waals surface area contributed by atoms with E-state index in [0.29, 0.717) is 5.69 Å². The second-order valence-electron chi connectivity index (χ2n) is 4.26. The van der Waals surface area contributed by atoms with Gasteiger partial charge in [-0.05, 0) is 30.7 Å². The molecule has 2 aromatic carbocycles. The number of halogens is 1. The number of benzene rings is 2. The van der Waals surface area contributed by atoms with E-state index in [0.717, 1.165) is 11.6 Å². The normalized spacial score (nSPS) is 9.85. The van der Waals surface area contributed by atoms with Gasteiger partial charge in [-0.15, -0.1) is 0 Å². The van der Waals surface area contributed by atoms with Crippen molar-refractivity contribution in [2.24, 2.45) is 0 Å². The summed E-state index contributed by atoms with van der Waals surface area (Å²) in [5.74, 6) is -1.16. The largest absolute Gasteiger partial charge is 0.398 e. The topological polar surface area (TPSA) is 78.9 Å². The van der Waals surface area contributed by atoms with Gasteiger partial charge in [-0.2, -0.15) is 5.26 Å². The third-order valence-corrected chi connectivity index (χ3v) is 2.94. The summed E-state index contributed by atoms with van der Waals surface area (Å²) in [6.45, 7) is 1.79. The molecule has 0 aromatic heterocycles. The van der Waals surface area contributed by atoms with E-state index < -0.39 is 11.7 Å². The van der Waals surface area contributed by atoms with Crippen molar-refractivity contribution in [3.63, 3.8) is 0 Å². The third-order valence-electron chi connectivity index (χ3n) is 2.94. The first kappa shape index (κ1) is 13.6. The number of para-hydroxylation sites is 1. The van der Waals surface area contributed by atoms with Crippen LogP contribution in [-0.2, 0) is 0 Å². The molecule has 0 unspecified atom stereocenters. The van der Waals surface area contributed by atoms with Crippen molar-refractivity contribution in [1.29, 1.82) is 5.26 Å². The van der Waals surface area contributed by atoms with Crippen molar-refractivity contribution >= 4 is 17.3 Å². The van der Waals surface area contributed by atoms with Gasteiger partial charge in [0.2, 0.25) is 0 Å². The van der Waals surface area contributed by atoms with E-state index in [1.807, 2.05) is 0 Å². The number of aryl methyl sites for hydroxylation is 1. The van der Waals surface area contributed by atoms with Crippen molar-refractivity contribution < 1.29 is 9.18 Å². The van der Waals surface area contributed by atoms with Gasteiger partial charge >= 0.3 is 0 Å². The highest BCUT2D eigenvalue weighted by Gasteiger charge is 2.14. The molecule has 0 fully saturated rings. The van der Waals surface area contributed by atoms with Crippen molar-refractivity contribution in [2.45, 2.75) is 6.92 Å². The van der Waals surface area contributed by atoms with E-state index in [4.69, 9.17) is 11.0 Å². The SMILES string of the molecule is Cc1cccc(C(=O)Nc2cccc(F)c2C#N)c1N. The van der Waals surface area contributed by atoms with E-state index in [-0.39, 0.29) is 16.8 Å². The molecule has 0 heterocycles. The number of rotatable bonds is 2. The summed E-state index contributed by atoms with van der Waals surface area (Å²) in [6.07, 6.45) is 0. The summed E-state index contributed by atoms with van der Waals surface area (Å²) in [6, 6.07) is 10.8. The van der Waals surface area contributed by atoms with Gasteiger partial charge in [0.1, 0.15) is 17.4 Å². The van der Waals surface area contributed by atoms with E-state index >= 15 is 0 Å². The molecule has 0 radical (unpaired) electrons. The van der Waals surface area contributed by atoms with Gasteiger partial charge in [0.15, 0.2) is 0 Å². The highest BCUT2D eigenvalue weighted by Crippen LogP contribution is 2.21. The van der Waals surface area contributed by atoms with Gasteiger partial charge in [0.05, 0.1) is 11.3 Å². The Morgan fingerprint density at radius 1 is 1.30 bits per heavy atom. The Morgan fingerprint density at radius 2 is 2.00 bits per heavy atom. The first-order valence-electron chi connectivity index (χ1n) is 5.89. The lowest BCUT2D eigenvalue weighted by molar-refractivity contribution is 0.102. The van der Waals surface area contributed by atoms with Crippen LogP contribution >= 0.6 is 0 Å². The fourth-order valence-electron chi connectivity index (χ4n) is 1.81. The number of hydrogen-bond donors (Lipinski definition) is 2. The van der Waals surface area contributed by atoms with E-state index in [2.05, 4.69) is 5.32 Å². The lowest BCUT2D eigenvalue weighted by Crippen LogP contribution is -2.15. The van der Waals surface area contributed by atoms with Crippen LogP contribution in [0.5, 0.6) is 0 Å². The zero-order valence-electron chi connectivity index (χ0n) is 10.8. The first-order chi connectivity index (χ1) is 9.54. The zero-order chi connectivity index (χ0) is 14.7. The average Bonchev–Trinajstić information content (AvgIpc) is 2.42. The Hall–Kier alpha value is -2.87. The highest BCUT2D eigenvalue weighted by atomic mass is 19.1. The Morgan fingerprint density at radius 3 is 2.70 bits per heavy atom. The van der Waals surface area contributed by atoms with Crippen LogP contribution in [0.3, 0.4) is 0 Å². The summed E-state index contributed by atoms with van der Waals surface area (Å²) >= 11 is 0. The molecule has 4 nitrogen and oxygen atoms in total. The minimum Gasteiger partial charge on any atom is -0.398 e. The number of hydrogen-bond acceptors (Lipinski definition) is 3. The monoisotopic (exact) mass is 269 g/mol. The maximum absolute atomic E-state index is 13.4. The summed E-state index contributed by atoms with van der Waals surface area (Å²) in [4.78, 5) is 12.1. The van der Waals surface area contributed by atoms with Crippen LogP contribution in [0.1, 0.15) is 21.5 Å². The van der Waals surface area contributed by atoms with Crippen molar-refractivity contribution in [3.8, 4) is 6.07 Å². The number of amides is 1. The molecule has 0 saturated heterocycles. The maximum atomic E-state index is 13.4. The number of carbonyl (C=O) groups excluding carboxylic acids is 1. The Balaban J connectivity index is 2.36. The molecule has 0 aliphatic heterocycles. The molecular formula is C15H12FN3O. The molecular weight excluding hydrogens is 257 g/mol. The molecule has 0 bridgehead atoms. The summed E-state index contributed by atoms with van der Waals surface area (Å²) in [5.41, 5.74) is 7.19. The summed E-state index contributed by atoms with van der Waals surface area (Å²) in [5, 5.41) is 11.4. The standard InChI is InChI=1S/C15H12FN3O/c1-9-4-2-5-10(14(9)18)15(20)19-13-7-3-6-12(16)11(13)8-17/h2-7H,18H2,1H3,(H,19,20). The van der Waals surface area contributed by atoms with Crippen molar-refractivity contribution in [2.75, 3.05) is 11.1 Å². The summed E-state index contributed by atoms with van der Waals surface area (Å²) < 4.78 is 13.4. The highest BCUT2D eigenvalue weighted by molar-refractivity contribution is 6.08.